The van der Waals surface area contributed by atoms with Crippen LogP contribution in [0.5, 0.6) is 5.75 Å². The van der Waals surface area contributed by atoms with Crippen LogP contribution in [-0.2, 0) is 11.2 Å². The maximum Gasteiger partial charge on any atom is 0.573 e. The van der Waals surface area contributed by atoms with Gasteiger partial charge in [-0.1, -0.05) is 12.1 Å². The fourth-order valence-electron chi connectivity index (χ4n) is 3.98. The Morgan fingerprint density at radius 3 is 2.46 bits per heavy atom. The van der Waals surface area contributed by atoms with Crippen molar-refractivity contribution in [3.05, 3.63) is 52.7 Å². The number of nitrogens with zero attached hydrogens (tertiary/aromatic N) is 2. The third kappa shape index (κ3) is 7.69. The first kappa shape index (κ1) is 25.0. The Bertz CT molecular complexity index is 1090. The summed E-state index contributed by atoms with van der Waals surface area (Å²) in [5, 5.41) is 8.68. The molecule has 0 unspecified atom stereocenters. The van der Waals surface area contributed by atoms with Gasteiger partial charge < -0.3 is 15.4 Å². The van der Waals surface area contributed by atoms with Crippen molar-refractivity contribution in [3.63, 3.8) is 0 Å². The van der Waals surface area contributed by atoms with Crippen LogP contribution in [0.4, 0.5) is 23.9 Å². The highest BCUT2D eigenvalue weighted by atomic mass is 32.2. The highest BCUT2D eigenvalue weighted by molar-refractivity contribution is 8.18. The Balaban J connectivity index is 1.19. The second kappa shape index (κ2) is 11.1. The molecule has 12 heteroatoms. The molecule has 1 saturated heterocycles. The number of thioether (sulfide) groups is 1. The van der Waals surface area contributed by atoms with Crippen LogP contribution in [0.1, 0.15) is 36.9 Å². The SMILES string of the molecule is O=C1NC(=O)/C(=C/c2ccnc(N[C@H]3CC[C@H](NCCc4ccc(OC(F)(F)F)cc4)CC3)n2)S1. The summed E-state index contributed by atoms with van der Waals surface area (Å²) in [6.07, 6.45) is 3.01. The number of ether oxygens (including phenoxy) is 1. The van der Waals surface area contributed by atoms with Gasteiger partial charge in [-0.25, -0.2) is 9.97 Å². The zero-order chi connectivity index (χ0) is 24.8. The Labute approximate surface area is 204 Å². The molecule has 0 atom stereocenters. The summed E-state index contributed by atoms with van der Waals surface area (Å²) in [4.78, 5) is 32.0. The van der Waals surface area contributed by atoms with Crippen molar-refractivity contribution in [1.29, 1.82) is 0 Å². The molecule has 2 aliphatic rings. The molecule has 2 fully saturated rings. The fraction of sp³-hybridized carbons (Fsp3) is 0.391. The molecule has 1 saturated carbocycles. The van der Waals surface area contributed by atoms with Crippen molar-refractivity contribution in [1.82, 2.24) is 20.6 Å². The van der Waals surface area contributed by atoms with E-state index in [0.29, 0.717) is 29.0 Å². The first-order valence-corrected chi connectivity index (χ1v) is 12.0. The van der Waals surface area contributed by atoms with Crippen molar-refractivity contribution in [2.24, 2.45) is 0 Å². The fourth-order valence-corrected chi connectivity index (χ4v) is 4.65. The number of alkyl halides is 3. The molecule has 2 amide bonds. The lowest BCUT2D eigenvalue weighted by atomic mass is 9.91. The van der Waals surface area contributed by atoms with Crippen LogP contribution in [0.25, 0.3) is 6.08 Å². The molecule has 186 valence electrons. The minimum absolute atomic E-state index is 0.218. The quantitative estimate of drug-likeness (QED) is 0.456. The topological polar surface area (TPSA) is 105 Å². The number of hydrogen-bond donors (Lipinski definition) is 3. The monoisotopic (exact) mass is 507 g/mol. The van der Waals surface area contributed by atoms with E-state index < -0.39 is 17.5 Å². The standard InChI is InChI=1S/C23H24F3N5O3S/c24-23(25,26)34-18-7-1-14(2-8-18)9-11-27-15-3-5-16(6-4-15)29-21-28-12-10-17(30-21)13-19-20(32)31-22(33)35-19/h1-2,7-8,10,12-13,15-16,27H,3-6,9,11H2,(H,28,29,30)(H,31,32,33)/b19-13-/t15-,16-. The highest BCUT2D eigenvalue weighted by Crippen LogP contribution is 2.26. The molecule has 2 heterocycles. The summed E-state index contributed by atoms with van der Waals surface area (Å²) >= 11 is 0.845. The number of carbonyl (C=O) groups excluding carboxylic acids is 2. The summed E-state index contributed by atoms with van der Waals surface area (Å²) in [6, 6.07) is 8.21. The molecule has 0 radical (unpaired) electrons. The lowest BCUT2D eigenvalue weighted by molar-refractivity contribution is -0.274. The Kier molecular flexibility index (Phi) is 7.91. The number of amides is 2. The second-order valence-electron chi connectivity index (χ2n) is 8.25. The summed E-state index contributed by atoms with van der Waals surface area (Å²) in [5.41, 5.74) is 1.48. The Morgan fingerprint density at radius 2 is 1.80 bits per heavy atom. The van der Waals surface area contributed by atoms with Crippen LogP contribution in [0.2, 0.25) is 0 Å². The van der Waals surface area contributed by atoms with Crippen molar-refractivity contribution in [2.75, 3.05) is 11.9 Å². The van der Waals surface area contributed by atoms with E-state index in [9.17, 15) is 22.8 Å². The summed E-state index contributed by atoms with van der Waals surface area (Å²) in [7, 11) is 0. The van der Waals surface area contributed by atoms with Crippen molar-refractivity contribution in [2.45, 2.75) is 50.6 Å². The largest absolute Gasteiger partial charge is 0.573 e. The maximum atomic E-state index is 12.2. The van der Waals surface area contributed by atoms with Gasteiger partial charge in [0.05, 0.1) is 10.6 Å². The number of halogens is 3. The minimum atomic E-state index is -4.68. The third-order valence-electron chi connectivity index (χ3n) is 5.66. The number of benzene rings is 1. The van der Waals surface area contributed by atoms with Gasteiger partial charge in [-0.2, -0.15) is 0 Å². The first-order valence-electron chi connectivity index (χ1n) is 11.2. The molecule has 1 aliphatic carbocycles. The van der Waals surface area contributed by atoms with Crippen LogP contribution in [0, 0.1) is 0 Å². The van der Waals surface area contributed by atoms with Gasteiger partial charge in [-0.05, 0) is 80.2 Å². The molecule has 0 bridgehead atoms. The van der Waals surface area contributed by atoms with Crippen molar-refractivity contribution >= 4 is 34.9 Å². The molecule has 0 spiro atoms. The van der Waals surface area contributed by atoms with Gasteiger partial charge in [0.2, 0.25) is 5.95 Å². The average molecular weight is 508 g/mol. The predicted octanol–water partition coefficient (Wildman–Crippen LogP) is 4.25. The second-order valence-corrected chi connectivity index (χ2v) is 9.26. The number of rotatable bonds is 8. The molecular weight excluding hydrogens is 483 g/mol. The van der Waals surface area contributed by atoms with Crippen molar-refractivity contribution < 1.29 is 27.5 Å². The van der Waals surface area contributed by atoms with Gasteiger partial charge in [0.15, 0.2) is 0 Å². The summed E-state index contributed by atoms with van der Waals surface area (Å²) in [5.74, 6) is -0.168. The zero-order valence-corrected chi connectivity index (χ0v) is 19.4. The van der Waals surface area contributed by atoms with Crippen molar-refractivity contribution in [3.8, 4) is 5.75 Å². The molecular formula is C23H24F3N5O3S. The van der Waals surface area contributed by atoms with E-state index in [1.807, 2.05) is 0 Å². The maximum absolute atomic E-state index is 12.2. The predicted molar refractivity (Wildman–Crippen MR) is 126 cm³/mol. The molecule has 1 aliphatic heterocycles. The molecule has 2 aromatic rings. The molecule has 3 N–H and O–H groups in total. The van der Waals surface area contributed by atoms with Gasteiger partial charge in [-0.15, -0.1) is 13.2 Å². The Morgan fingerprint density at radius 1 is 1.09 bits per heavy atom. The number of aromatic nitrogens is 2. The van der Waals surface area contributed by atoms with Crippen LogP contribution < -0.4 is 20.7 Å². The van der Waals surface area contributed by atoms with E-state index in [2.05, 4.69) is 30.7 Å². The van der Waals surface area contributed by atoms with E-state index in [4.69, 9.17) is 0 Å². The summed E-state index contributed by atoms with van der Waals surface area (Å²) in [6.45, 7) is 0.732. The normalized spacial score (nSPS) is 21.7. The van der Waals surface area contributed by atoms with Crippen LogP contribution >= 0.6 is 11.8 Å². The number of anilines is 1. The number of hydrogen-bond acceptors (Lipinski definition) is 8. The lowest BCUT2D eigenvalue weighted by Crippen LogP contribution is -2.38. The lowest BCUT2D eigenvalue weighted by Gasteiger charge is -2.29. The number of imide groups is 1. The van der Waals surface area contributed by atoms with Gasteiger partial charge >= 0.3 is 6.36 Å². The number of carbonyl (C=O) groups is 2. The zero-order valence-electron chi connectivity index (χ0n) is 18.6. The highest BCUT2D eigenvalue weighted by Gasteiger charge is 2.31. The first-order chi connectivity index (χ1) is 16.7. The minimum Gasteiger partial charge on any atom is -0.406 e. The molecule has 1 aromatic carbocycles. The van der Waals surface area contributed by atoms with E-state index in [0.717, 1.165) is 49.6 Å². The van der Waals surface area contributed by atoms with E-state index >= 15 is 0 Å². The van der Waals surface area contributed by atoms with Gasteiger partial charge in [0.25, 0.3) is 11.1 Å². The van der Waals surface area contributed by atoms with Crippen LogP contribution in [-0.4, -0.2) is 46.1 Å². The third-order valence-corrected chi connectivity index (χ3v) is 6.47. The van der Waals surface area contributed by atoms with Gasteiger partial charge in [0.1, 0.15) is 5.75 Å². The van der Waals surface area contributed by atoms with E-state index in [1.54, 1.807) is 30.5 Å². The molecule has 1 aromatic heterocycles. The van der Waals surface area contributed by atoms with E-state index in [-0.39, 0.29) is 11.8 Å². The summed E-state index contributed by atoms with van der Waals surface area (Å²) < 4.78 is 40.6. The average Bonchev–Trinajstić information content (AvgIpc) is 3.12. The van der Waals surface area contributed by atoms with Gasteiger partial charge in [0, 0.05) is 18.3 Å². The number of nitrogens with one attached hydrogen (secondary N) is 3. The van der Waals surface area contributed by atoms with Gasteiger partial charge in [-0.3, -0.25) is 14.9 Å². The smallest absolute Gasteiger partial charge is 0.406 e. The molecule has 4 rings (SSSR count). The van der Waals surface area contributed by atoms with E-state index in [1.165, 1.54) is 12.1 Å². The molecule has 35 heavy (non-hydrogen) atoms. The molecule has 8 nitrogen and oxygen atoms in total. The van der Waals surface area contributed by atoms with Crippen LogP contribution in [0.15, 0.2) is 41.4 Å². The van der Waals surface area contributed by atoms with Crippen LogP contribution in [0.3, 0.4) is 0 Å². The Hall–Kier alpha value is -3.12.